The molecule has 1 amide bonds. The van der Waals surface area contributed by atoms with Gasteiger partial charge in [-0.3, -0.25) is 4.79 Å². The summed E-state index contributed by atoms with van der Waals surface area (Å²) < 4.78 is 5.31. The van der Waals surface area contributed by atoms with Crippen LogP contribution in [0.15, 0.2) is 0 Å². The van der Waals surface area contributed by atoms with E-state index in [-0.39, 0.29) is 11.9 Å². The van der Waals surface area contributed by atoms with Gasteiger partial charge in [0.1, 0.15) is 0 Å². The van der Waals surface area contributed by atoms with Gasteiger partial charge in [-0.05, 0) is 34.0 Å². The minimum Gasteiger partial charge on any atom is -0.379 e. The monoisotopic (exact) mass is 243 g/mol. The highest BCUT2D eigenvalue weighted by Gasteiger charge is 2.45. The van der Waals surface area contributed by atoms with E-state index in [1.54, 1.807) is 4.90 Å². The second-order valence-electron chi connectivity index (χ2n) is 5.42. The molecule has 100 valence electrons. The Balaban J connectivity index is 2.46. The van der Waals surface area contributed by atoms with Crippen molar-refractivity contribution in [2.24, 2.45) is 11.1 Å². The quantitative estimate of drug-likeness (QED) is 0.724. The minimum atomic E-state index is -0.549. The molecule has 17 heavy (non-hydrogen) atoms. The van der Waals surface area contributed by atoms with E-state index in [1.165, 1.54) is 0 Å². The number of nitrogens with two attached hydrogens (primary N) is 1. The molecule has 1 aliphatic heterocycles. The van der Waals surface area contributed by atoms with Crippen LogP contribution in [-0.2, 0) is 9.53 Å². The lowest BCUT2D eigenvalue weighted by atomic mass is 9.84. The molecule has 0 radical (unpaired) electrons. The third kappa shape index (κ3) is 3.40. The van der Waals surface area contributed by atoms with Crippen LogP contribution in [0.4, 0.5) is 0 Å². The second kappa shape index (κ2) is 5.80. The average Bonchev–Trinajstić information content (AvgIpc) is 2.58. The van der Waals surface area contributed by atoms with Crippen LogP contribution in [0.5, 0.6) is 0 Å². The molecule has 1 rings (SSSR count). The highest BCUT2D eigenvalue weighted by atomic mass is 16.5. The maximum absolute atomic E-state index is 12.3. The van der Waals surface area contributed by atoms with E-state index in [9.17, 15) is 4.79 Å². The van der Waals surface area contributed by atoms with Gasteiger partial charge in [0.05, 0.1) is 18.6 Å². The number of carbonyl (C=O) groups excluding carboxylic acids is 1. The van der Waals surface area contributed by atoms with Crippen LogP contribution in [0.25, 0.3) is 0 Å². The molecule has 1 heterocycles. The van der Waals surface area contributed by atoms with E-state index in [2.05, 4.69) is 4.90 Å². The molecule has 0 bridgehead atoms. The van der Waals surface area contributed by atoms with Crippen molar-refractivity contribution in [2.45, 2.75) is 19.4 Å². The Morgan fingerprint density at radius 2 is 2.06 bits per heavy atom. The standard InChI is InChI=1S/C12H25N3O2/c1-12(9-17-8-10(12)13)11(16)15(4)7-5-6-14(2)3/h10H,5-9,13H2,1-4H3. The Morgan fingerprint density at radius 1 is 1.41 bits per heavy atom. The van der Waals surface area contributed by atoms with Gasteiger partial charge in [-0.25, -0.2) is 0 Å². The number of ether oxygens (including phenoxy) is 1. The highest BCUT2D eigenvalue weighted by molar-refractivity contribution is 5.83. The van der Waals surface area contributed by atoms with Crippen molar-refractivity contribution in [1.82, 2.24) is 9.80 Å². The molecule has 0 aromatic heterocycles. The molecular formula is C12H25N3O2. The summed E-state index contributed by atoms with van der Waals surface area (Å²) in [6, 6.07) is -0.189. The Labute approximate surface area is 104 Å². The van der Waals surface area contributed by atoms with Crippen LogP contribution in [0.1, 0.15) is 13.3 Å². The van der Waals surface area contributed by atoms with E-state index in [0.717, 1.165) is 19.5 Å². The molecule has 0 aromatic rings. The Hall–Kier alpha value is -0.650. The first-order valence-corrected chi connectivity index (χ1v) is 6.11. The number of nitrogens with zero attached hydrogens (tertiary/aromatic N) is 2. The van der Waals surface area contributed by atoms with Crippen LogP contribution in [-0.4, -0.2) is 69.2 Å². The molecule has 5 heteroatoms. The summed E-state index contributed by atoms with van der Waals surface area (Å²) in [5, 5.41) is 0. The van der Waals surface area contributed by atoms with Crippen molar-refractivity contribution in [3.63, 3.8) is 0 Å². The van der Waals surface area contributed by atoms with Crippen LogP contribution < -0.4 is 5.73 Å². The first-order chi connectivity index (χ1) is 7.88. The number of carbonyl (C=O) groups is 1. The van der Waals surface area contributed by atoms with Gasteiger partial charge in [0.2, 0.25) is 5.91 Å². The van der Waals surface area contributed by atoms with Gasteiger partial charge < -0.3 is 20.3 Å². The molecule has 0 spiro atoms. The summed E-state index contributed by atoms with van der Waals surface area (Å²) in [6.07, 6.45) is 0.974. The van der Waals surface area contributed by atoms with Crippen molar-refractivity contribution in [1.29, 1.82) is 0 Å². The molecule has 1 saturated heterocycles. The SMILES string of the molecule is CN(C)CCCN(C)C(=O)C1(C)COCC1N. The first-order valence-electron chi connectivity index (χ1n) is 6.11. The molecule has 2 atom stereocenters. The number of amides is 1. The van der Waals surface area contributed by atoms with Crippen molar-refractivity contribution in [2.75, 3.05) is 47.4 Å². The van der Waals surface area contributed by atoms with Gasteiger partial charge in [-0.15, -0.1) is 0 Å². The Morgan fingerprint density at radius 3 is 2.53 bits per heavy atom. The van der Waals surface area contributed by atoms with Gasteiger partial charge in [0.25, 0.3) is 0 Å². The zero-order valence-electron chi connectivity index (χ0n) is 11.4. The fourth-order valence-corrected chi connectivity index (χ4v) is 2.07. The Bertz CT molecular complexity index is 270. The summed E-state index contributed by atoms with van der Waals surface area (Å²) in [5.74, 6) is 0.0984. The van der Waals surface area contributed by atoms with Crippen LogP contribution >= 0.6 is 0 Å². The van der Waals surface area contributed by atoms with E-state index in [0.29, 0.717) is 13.2 Å². The second-order valence-corrected chi connectivity index (χ2v) is 5.42. The molecule has 0 aliphatic carbocycles. The predicted octanol–water partition coefficient (Wildman–Crippen LogP) is -0.240. The summed E-state index contributed by atoms with van der Waals surface area (Å²) in [5.41, 5.74) is 5.40. The molecular weight excluding hydrogens is 218 g/mol. The van der Waals surface area contributed by atoms with Gasteiger partial charge in [-0.2, -0.15) is 0 Å². The van der Waals surface area contributed by atoms with Gasteiger partial charge in [0.15, 0.2) is 0 Å². The minimum absolute atomic E-state index is 0.0984. The van der Waals surface area contributed by atoms with Crippen LogP contribution in [0.2, 0.25) is 0 Å². The zero-order chi connectivity index (χ0) is 13.1. The lowest BCUT2D eigenvalue weighted by Gasteiger charge is -2.31. The maximum Gasteiger partial charge on any atom is 0.232 e. The van der Waals surface area contributed by atoms with E-state index in [4.69, 9.17) is 10.5 Å². The van der Waals surface area contributed by atoms with Crippen LogP contribution in [0, 0.1) is 5.41 Å². The Kier molecular flexibility index (Phi) is 4.91. The smallest absolute Gasteiger partial charge is 0.232 e. The summed E-state index contributed by atoms with van der Waals surface area (Å²) >= 11 is 0. The molecule has 1 fully saturated rings. The van der Waals surface area contributed by atoms with E-state index < -0.39 is 5.41 Å². The van der Waals surface area contributed by atoms with Crippen LogP contribution in [0.3, 0.4) is 0 Å². The van der Waals surface area contributed by atoms with Gasteiger partial charge in [-0.1, -0.05) is 0 Å². The van der Waals surface area contributed by atoms with Gasteiger partial charge >= 0.3 is 0 Å². The fourth-order valence-electron chi connectivity index (χ4n) is 2.07. The molecule has 5 nitrogen and oxygen atoms in total. The number of hydrogen-bond acceptors (Lipinski definition) is 4. The number of hydrogen-bond donors (Lipinski definition) is 1. The molecule has 0 aromatic carbocycles. The lowest BCUT2D eigenvalue weighted by Crippen LogP contribution is -2.50. The number of rotatable bonds is 5. The third-order valence-corrected chi connectivity index (χ3v) is 3.45. The van der Waals surface area contributed by atoms with Gasteiger partial charge in [0, 0.05) is 19.6 Å². The molecule has 1 aliphatic rings. The van der Waals surface area contributed by atoms with Crippen molar-refractivity contribution in [3.8, 4) is 0 Å². The topological polar surface area (TPSA) is 58.8 Å². The zero-order valence-corrected chi connectivity index (χ0v) is 11.4. The maximum atomic E-state index is 12.3. The van der Waals surface area contributed by atoms with E-state index in [1.807, 2.05) is 28.1 Å². The van der Waals surface area contributed by atoms with Crippen molar-refractivity contribution >= 4 is 5.91 Å². The summed E-state index contributed by atoms with van der Waals surface area (Å²) in [4.78, 5) is 16.2. The largest absolute Gasteiger partial charge is 0.379 e. The summed E-state index contributed by atoms with van der Waals surface area (Å²) in [6.45, 7) is 4.56. The summed E-state index contributed by atoms with van der Waals surface area (Å²) in [7, 11) is 5.90. The van der Waals surface area contributed by atoms with Crippen molar-refractivity contribution < 1.29 is 9.53 Å². The fraction of sp³-hybridized carbons (Fsp3) is 0.917. The molecule has 2 N–H and O–H groups in total. The average molecular weight is 243 g/mol. The normalized spacial score (nSPS) is 28.7. The highest BCUT2D eigenvalue weighted by Crippen LogP contribution is 2.29. The lowest BCUT2D eigenvalue weighted by molar-refractivity contribution is -0.140. The predicted molar refractivity (Wildman–Crippen MR) is 67.7 cm³/mol. The molecule has 2 unspecified atom stereocenters. The third-order valence-electron chi connectivity index (χ3n) is 3.45. The molecule has 0 saturated carbocycles. The first kappa shape index (κ1) is 14.4. The van der Waals surface area contributed by atoms with E-state index >= 15 is 0 Å². The van der Waals surface area contributed by atoms with Crippen molar-refractivity contribution in [3.05, 3.63) is 0 Å².